The van der Waals surface area contributed by atoms with Crippen LogP contribution in [0.4, 0.5) is 0 Å². The fourth-order valence-corrected chi connectivity index (χ4v) is 0.842. The van der Waals surface area contributed by atoms with Gasteiger partial charge in [0.25, 0.3) is 0 Å². The van der Waals surface area contributed by atoms with Gasteiger partial charge in [0.15, 0.2) is 5.96 Å². The summed E-state index contributed by atoms with van der Waals surface area (Å²) in [6.45, 7) is 5.77. The van der Waals surface area contributed by atoms with Crippen LogP contribution in [-0.2, 0) is 4.74 Å². The lowest BCUT2D eigenvalue weighted by Gasteiger charge is -2.07. The maximum absolute atomic E-state index is 5.44. The monoisotopic (exact) mass is 187 g/mol. The molecule has 0 saturated heterocycles. The molecule has 3 N–H and O–H groups in total. The highest BCUT2D eigenvalue weighted by atomic mass is 16.5. The Labute approximate surface area is 80.6 Å². The van der Waals surface area contributed by atoms with Crippen LogP contribution in [0.3, 0.4) is 0 Å². The van der Waals surface area contributed by atoms with Crippen LogP contribution in [0.25, 0.3) is 0 Å². The van der Waals surface area contributed by atoms with Crippen LogP contribution in [0, 0.1) is 0 Å². The Bertz CT molecular complexity index is 146. The van der Waals surface area contributed by atoms with E-state index in [9.17, 15) is 0 Å². The lowest BCUT2D eigenvalue weighted by molar-refractivity contribution is 0.0762. The molecule has 0 spiro atoms. The molecule has 0 rings (SSSR count). The molecule has 0 bridgehead atoms. The maximum atomic E-state index is 5.44. The van der Waals surface area contributed by atoms with Crippen LogP contribution in [-0.4, -0.2) is 32.3 Å². The van der Waals surface area contributed by atoms with E-state index in [-0.39, 0.29) is 0 Å². The Hall–Kier alpha value is -0.770. The van der Waals surface area contributed by atoms with Crippen LogP contribution in [0.5, 0.6) is 0 Å². The molecule has 0 amide bonds. The molecule has 0 aromatic carbocycles. The summed E-state index contributed by atoms with van der Waals surface area (Å²) < 4.78 is 5.39. The summed E-state index contributed by atoms with van der Waals surface area (Å²) in [5, 5.41) is 2.99. The molecule has 4 heteroatoms. The van der Waals surface area contributed by atoms with E-state index in [1.807, 2.05) is 13.8 Å². The second-order valence-corrected chi connectivity index (χ2v) is 3.16. The van der Waals surface area contributed by atoms with Gasteiger partial charge in [-0.1, -0.05) is 0 Å². The number of rotatable bonds is 6. The zero-order valence-corrected chi connectivity index (χ0v) is 8.84. The van der Waals surface area contributed by atoms with Crippen molar-refractivity contribution < 1.29 is 4.74 Å². The average molecular weight is 187 g/mol. The van der Waals surface area contributed by atoms with E-state index >= 15 is 0 Å². The molecule has 0 atom stereocenters. The van der Waals surface area contributed by atoms with E-state index in [2.05, 4.69) is 10.3 Å². The van der Waals surface area contributed by atoms with E-state index < -0.39 is 0 Å². The summed E-state index contributed by atoms with van der Waals surface area (Å²) in [5.74, 6) is 0.504. The Kier molecular flexibility index (Phi) is 7.39. The first-order valence-corrected chi connectivity index (χ1v) is 4.74. The van der Waals surface area contributed by atoms with Crippen molar-refractivity contribution in [2.75, 3.05) is 20.2 Å². The fourth-order valence-electron chi connectivity index (χ4n) is 0.842. The zero-order valence-electron chi connectivity index (χ0n) is 8.84. The molecule has 0 aliphatic heterocycles. The Balaban J connectivity index is 3.09. The van der Waals surface area contributed by atoms with Gasteiger partial charge in [-0.2, -0.15) is 0 Å². The van der Waals surface area contributed by atoms with Gasteiger partial charge in [-0.25, -0.2) is 0 Å². The van der Waals surface area contributed by atoms with Crippen molar-refractivity contribution >= 4 is 5.96 Å². The van der Waals surface area contributed by atoms with Gasteiger partial charge < -0.3 is 15.8 Å². The Morgan fingerprint density at radius 1 is 1.46 bits per heavy atom. The average Bonchev–Trinajstić information content (AvgIpc) is 2.10. The second-order valence-electron chi connectivity index (χ2n) is 3.16. The number of hydrogen-bond acceptors (Lipinski definition) is 2. The molecular weight excluding hydrogens is 166 g/mol. The van der Waals surface area contributed by atoms with Crippen LogP contribution in [0.2, 0.25) is 0 Å². The molecule has 0 radical (unpaired) electrons. The lowest BCUT2D eigenvalue weighted by atomic mass is 10.3. The highest BCUT2D eigenvalue weighted by molar-refractivity contribution is 5.77. The number of unbranched alkanes of at least 4 members (excludes halogenated alkanes) is 1. The van der Waals surface area contributed by atoms with Crippen molar-refractivity contribution in [1.29, 1.82) is 0 Å². The van der Waals surface area contributed by atoms with Crippen LogP contribution in [0.15, 0.2) is 4.99 Å². The van der Waals surface area contributed by atoms with Crippen molar-refractivity contribution in [3.63, 3.8) is 0 Å². The highest BCUT2D eigenvalue weighted by Crippen LogP contribution is 1.92. The van der Waals surface area contributed by atoms with Gasteiger partial charge in [0.1, 0.15) is 0 Å². The number of hydrogen-bond donors (Lipinski definition) is 2. The number of ether oxygens (including phenoxy) is 1. The van der Waals surface area contributed by atoms with Crippen molar-refractivity contribution in [1.82, 2.24) is 5.32 Å². The van der Waals surface area contributed by atoms with Gasteiger partial charge >= 0.3 is 0 Å². The smallest absolute Gasteiger partial charge is 0.188 e. The van der Waals surface area contributed by atoms with Gasteiger partial charge in [0, 0.05) is 20.2 Å². The molecule has 0 saturated carbocycles. The number of aliphatic imine (C=N–C) groups is 1. The third-order valence-electron chi connectivity index (χ3n) is 1.57. The van der Waals surface area contributed by atoms with Crippen molar-refractivity contribution in [2.45, 2.75) is 32.8 Å². The van der Waals surface area contributed by atoms with E-state index in [1.54, 1.807) is 7.05 Å². The van der Waals surface area contributed by atoms with E-state index in [0.717, 1.165) is 26.0 Å². The van der Waals surface area contributed by atoms with Crippen LogP contribution >= 0.6 is 0 Å². The molecule has 0 aromatic rings. The van der Waals surface area contributed by atoms with Gasteiger partial charge in [-0.3, -0.25) is 4.99 Å². The van der Waals surface area contributed by atoms with Crippen molar-refractivity contribution in [3.05, 3.63) is 0 Å². The van der Waals surface area contributed by atoms with Gasteiger partial charge in [-0.15, -0.1) is 0 Å². The molecular formula is C9H21N3O. The second kappa shape index (κ2) is 7.86. The van der Waals surface area contributed by atoms with E-state index in [0.29, 0.717) is 12.1 Å². The molecule has 0 aliphatic carbocycles. The van der Waals surface area contributed by atoms with Crippen molar-refractivity contribution in [3.8, 4) is 0 Å². The maximum Gasteiger partial charge on any atom is 0.188 e. The first kappa shape index (κ1) is 12.2. The SMILES string of the molecule is CN=C(N)NCCCCOC(C)C. The molecule has 4 nitrogen and oxygen atoms in total. The Morgan fingerprint density at radius 3 is 2.69 bits per heavy atom. The summed E-state index contributed by atoms with van der Waals surface area (Å²) >= 11 is 0. The standard InChI is InChI=1S/C9H21N3O/c1-8(2)13-7-5-4-6-12-9(10)11-3/h8H,4-7H2,1-3H3,(H3,10,11,12). The summed E-state index contributed by atoms with van der Waals surface area (Å²) in [5.41, 5.74) is 5.44. The minimum absolute atomic E-state index is 0.329. The predicted molar refractivity (Wildman–Crippen MR) is 55.9 cm³/mol. The summed E-state index contributed by atoms with van der Waals surface area (Å²) in [4.78, 5) is 3.79. The predicted octanol–water partition coefficient (Wildman–Crippen LogP) is 0.726. The quantitative estimate of drug-likeness (QED) is 0.366. The molecule has 78 valence electrons. The Morgan fingerprint density at radius 2 is 2.15 bits per heavy atom. The van der Waals surface area contributed by atoms with Gasteiger partial charge in [0.05, 0.1) is 6.10 Å². The summed E-state index contributed by atoms with van der Waals surface area (Å²) in [6, 6.07) is 0. The van der Waals surface area contributed by atoms with E-state index in [4.69, 9.17) is 10.5 Å². The van der Waals surface area contributed by atoms with Gasteiger partial charge in [-0.05, 0) is 26.7 Å². The fraction of sp³-hybridized carbons (Fsp3) is 0.889. The normalized spacial score (nSPS) is 12.2. The lowest BCUT2D eigenvalue weighted by Crippen LogP contribution is -2.32. The molecule has 0 aliphatic rings. The number of nitrogens with two attached hydrogens (primary N) is 1. The van der Waals surface area contributed by atoms with Crippen LogP contribution in [0.1, 0.15) is 26.7 Å². The zero-order chi connectivity index (χ0) is 10.1. The number of guanidine groups is 1. The van der Waals surface area contributed by atoms with Crippen LogP contribution < -0.4 is 11.1 Å². The van der Waals surface area contributed by atoms with Gasteiger partial charge in [0.2, 0.25) is 0 Å². The summed E-state index contributed by atoms with van der Waals surface area (Å²) in [6.07, 6.45) is 2.45. The molecule has 0 fully saturated rings. The summed E-state index contributed by atoms with van der Waals surface area (Å²) in [7, 11) is 1.67. The van der Waals surface area contributed by atoms with Crippen molar-refractivity contribution in [2.24, 2.45) is 10.7 Å². The first-order valence-electron chi connectivity index (χ1n) is 4.74. The number of nitrogens with zero attached hydrogens (tertiary/aromatic N) is 1. The molecule has 0 heterocycles. The third-order valence-corrected chi connectivity index (χ3v) is 1.57. The molecule has 13 heavy (non-hydrogen) atoms. The minimum Gasteiger partial charge on any atom is -0.379 e. The first-order chi connectivity index (χ1) is 6.16. The molecule has 0 aromatic heterocycles. The third kappa shape index (κ3) is 9.14. The number of nitrogens with one attached hydrogen (secondary N) is 1. The van der Waals surface area contributed by atoms with E-state index in [1.165, 1.54) is 0 Å². The largest absolute Gasteiger partial charge is 0.379 e. The highest BCUT2D eigenvalue weighted by Gasteiger charge is 1.93. The minimum atomic E-state index is 0.329. The topological polar surface area (TPSA) is 59.6 Å². The molecule has 0 unspecified atom stereocenters.